The Morgan fingerprint density at radius 2 is 1.72 bits per heavy atom. The number of halogens is 1. The Labute approximate surface area is 166 Å². The van der Waals surface area contributed by atoms with Crippen molar-refractivity contribution in [1.29, 1.82) is 0 Å². The number of anilines is 1. The molecule has 0 saturated carbocycles. The number of nitro benzene ring substituents is 1. The first kappa shape index (κ1) is 20.2. The lowest BCUT2D eigenvalue weighted by Crippen LogP contribution is -2.41. The summed E-state index contributed by atoms with van der Waals surface area (Å²) in [7, 11) is 0. The fraction of sp³-hybridized carbons (Fsp3) is 0.300. The molecule has 0 spiro atoms. The van der Waals surface area contributed by atoms with Crippen LogP contribution in [0.4, 0.5) is 15.8 Å². The number of benzene rings is 2. The first-order valence-electron chi connectivity index (χ1n) is 9.25. The predicted octanol–water partition coefficient (Wildman–Crippen LogP) is 3.05. The second-order valence-corrected chi connectivity index (χ2v) is 7.07. The van der Waals surface area contributed by atoms with Gasteiger partial charge in [-0.2, -0.15) is 0 Å². The van der Waals surface area contributed by atoms with Gasteiger partial charge in [-0.25, -0.2) is 4.39 Å². The molecule has 9 heteroatoms. The molecule has 2 aromatic rings. The molecule has 2 amide bonds. The van der Waals surface area contributed by atoms with E-state index in [1.54, 1.807) is 6.07 Å². The third-order valence-electron chi connectivity index (χ3n) is 4.83. The third kappa shape index (κ3) is 4.87. The number of carbonyl (C=O) groups excluding carboxylic acids is 2. The zero-order chi connectivity index (χ0) is 21.0. The van der Waals surface area contributed by atoms with Gasteiger partial charge >= 0.3 is 0 Å². The maximum absolute atomic E-state index is 12.9. The van der Waals surface area contributed by atoms with Crippen LogP contribution in [-0.2, 0) is 0 Å². The fourth-order valence-electron chi connectivity index (χ4n) is 3.35. The van der Waals surface area contributed by atoms with E-state index >= 15 is 0 Å². The molecule has 1 aliphatic heterocycles. The number of hydrogen-bond donors (Lipinski definition) is 2. The molecule has 1 aliphatic rings. The van der Waals surface area contributed by atoms with E-state index in [1.165, 1.54) is 24.3 Å². The molecule has 0 unspecified atom stereocenters. The van der Waals surface area contributed by atoms with E-state index in [0.717, 1.165) is 38.1 Å². The molecule has 1 fully saturated rings. The van der Waals surface area contributed by atoms with Crippen LogP contribution >= 0.6 is 0 Å². The highest BCUT2D eigenvalue weighted by atomic mass is 19.1. The van der Waals surface area contributed by atoms with Gasteiger partial charge in [0, 0.05) is 30.3 Å². The number of nitrogens with zero attached hydrogens (tertiary/aromatic N) is 2. The highest BCUT2D eigenvalue weighted by Gasteiger charge is 2.25. The topological polar surface area (TPSA) is 105 Å². The van der Waals surface area contributed by atoms with Crippen LogP contribution < -0.4 is 15.8 Å². The SMILES string of the molecule is C[C@H]1CCCN(c2ccc(C(=O)NNC(=O)c3ccc(F)cc3)cc2[N+](=O)[O-])C1. The summed E-state index contributed by atoms with van der Waals surface area (Å²) < 4.78 is 12.9. The molecule has 0 bridgehead atoms. The van der Waals surface area contributed by atoms with E-state index in [0.29, 0.717) is 11.6 Å². The van der Waals surface area contributed by atoms with Crippen LogP contribution in [-0.4, -0.2) is 29.8 Å². The number of nitro groups is 1. The molecule has 0 aliphatic carbocycles. The number of hydrazine groups is 1. The molecule has 1 saturated heterocycles. The van der Waals surface area contributed by atoms with Crippen LogP contribution in [0.25, 0.3) is 0 Å². The van der Waals surface area contributed by atoms with Crippen molar-refractivity contribution in [3.05, 3.63) is 69.5 Å². The normalized spacial score (nSPS) is 16.2. The lowest BCUT2D eigenvalue weighted by molar-refractivity contribution is -0.384. The molecule has 29 heavy (non-hydrogen) atoms. The maximum Gasteiger partial charge on any atom is 0.293 e. The van der Waals surface area contributed by atoms with Crippen molar-refractivity contribution < 1.29 is 18.9 Å². The van der Waals surface area contributed by atoms with Gasteiger partial charge in [0.25, 0.3) is 17.5 Å². The quantitative estimate of drug-likeness (QED) is 0.606. The van der Waals surface area contributed by atoms with Crippen molar-refractivity contribution in [2.75, 3.05) is 18.0 Å². The van der Waals surface area contributed by atoms with Crippen LogP contribution in [0.3, 0.4) is 0 Å². The van der Waals surface area contributed by atoms with Crippen molar-refractivity contribution in [2.24, 2.45) is 5.92 Å². The Balaban J connectivity index is 1.72. The average Bonchev–Trinajstić information content (AvgIpc) is 2.71. The van der Waals surface area contributed by atoms with E-state index in [1.807, 2.05) is 4.90 Å². The highest BCUT2D eigenvalue weighted by Crippen LogP contribution is 2.32. The van der Waals surface area contributed by atoms with E-state index in [9.17, 15) is 24.1 Å². The van der Waals surface area contributed by atoms with Crippen LogP contribution in [0.15, 0.2) is 42.5 Å². The Morgan fingerprint density at radius 1 is 1.10 bits per heavy atom. The van der Waals surface area contributed by atoms with Crippen LogP contribution in [0, 0.1) is 21.8 Å². The molecule has 1 heterocycles. The van der Waals surface area contributed by atoms with E-state index in [2.05, 4.69) is 17.8 Å². The number of hydrogen-bond acceptors (Lipinski definition) is 5. The summed E-state index contributed by atoms with van der Waals surface area (Å²) in [5.41, 5.74) is 4.95. The highest BCUT2D eigenvalue weighted by molar-refractivity contribution is 5.99. The number of piperidine rings is 1. The van der Waals surface area contributed by atoms with E-state index in [-0.39, 0.29) is 16.8 Å². The van der Waals surface area contributed by atoms with Crippen molar-refractivity contribution >= 4 is 23.2 Å². The lowest BCUT2D eigenvalue weighted by atomic mass is 9.99. The van der Waals surface area contributed by atoms with Gasteiger partial charge in [-0.05, 0) is 55.2 Å². The van der Waals surface area contributed by atoms with Gasteiger partial charge in [-0.15, -0.1) is 0 Å². The molecular formula is C20H21FN4O4. The van der Waals surface area contributed by atoms with Gasteiger partial charge < -0.3 is 4.90 Å². The van der Waals surface area contributed by atoms with Crippen molar-refractivity contribution in [3.63, 3.8) is 0 Å². The first-order chi connectivity index (χ1) is 13.8. The number of amides is 2. The van der Waals surface area contributed by atoms with Gasteiger partial charge in [0.05, 0.1) is 4.92 Å². The molecule has 3 rings (SSSR count). The van der Waals surface area contributed by atoms with Gasteiger partial charge in [-0.3, -0.25) is 30.6 Å². The molecule has 1 atom stereocenters. The fourth-order valence-corrected chi connectivity index (χ4v) is 3.35. The second-order valence-electron chi connectivity index (χ2n) is 7.07. The van der Waals surface area contributed by atoms with Crippen LogP contribution in [0.1, 0.15) is 40.5 Å². The smallest absolute Gasteiger partial charge is 0.293 e. The average molecular weight is 400 g/mol. The van der Waals surface area contributed by atoms with E-state index < -0.39 is 22.6 Å². The van der Waals surface area contributed by atoms with Gasteiger partial charge in [-0.1, -0.05) is 6.92 Å². The summed E-state index contributed by atoms with van der Waals surface area (Å²) in [4.78, 5) is 37.3. The summed E-state index contributed by atoms with van der Waals surface area (Å²) in [6.07, 6.45) is 2.04. The van der Waals surface area contributed by atoms with Gasteiger partial charge in [0.15, 0.2) is 0 Å². The van der Waals surface area contributed by atoms with E-state index in [4.69, 9.17) is 0 Å². The molecule has 0 aromatic heterocycles. The maximum atomic E-state index is 12.9. The Kier molecular flexibility index (Phi) is 6.06. The molecule has 0 radical (unpaired) electrons. The minimum Gasteiger partial charge on any atom is -0.366 e. The first-order valence-corrected chi connectivity index (χ1v) is 9.25. The Hall–Kier alpha value is -3.49. The summed E-state index contributed by atoms with van der Waals surface area (Å²) in [6.45, 7) is 3.55. The minimum atomic E-state index is -0.692. The molecular weight excluding hydrogens is 379 g/mol. The number of carbonyl (C=O) groups is 2. The third-order valence-corrected chi connectivity index (χ3v) is 4.83. The molecule has 2 aromatic carbocycles. The zero-order valence-corrected chi connectivity index (χ0v) is 15.9. The summed E-state index contributed by atoms with van der Waals surface area (Å²) in [6, 6.07) is 9.05. The van der Waals surface area contributed by atoms with Crippen molar-refractivity contribution in [1.82, 2.24) is 10.9 Å². The predicted molar refractivity (Wildman–Crippen MR) is 105 cm³/mol. The minimum absolute atomic E-state index is 0.0462. The van der Waals surface area contributed by atoms with Crippen molar-refractivity contribution in [3.8, 4) is 0 Å². The molecule has 2 N–H and O–H groups in total. The van der Waals surface area contributed by atoms with Gasteiger partial charge in [0.2, 0.25) is 0 Å². The second kappa shape index (κ2) is 8.68. The van der Waals surface area contributed by atoms with Crippen LogP contribution in [0.5, 0.6) is 0 Å². The summed E-state index contributed by atoms with van der Waals surface area (Å²) in [5, 5.41) is 11.5. The molecule has 152 valence electrons. The summed E-state index contributed by atoms with van der Waals surface area (Å²) in [5.74, 6) is -1.37. The lowest BCUT2D eigenvalue weighted by Gasteiger charge is -2.32. The molecule has 8 nitrogen and oxygen atoms in total. The number of rotatable bonds is 4. The monoisotopic (exact) mass is 400 g/mol. The standard InChI is InChI=1S/C20H21FN4O4/c1-13-3-2-10-24(12-13)17-9-6-15(11-18(17)25(28)29)20(27)23-22-19(26)14-4-7-16(21)8-5-14/h4-9,11,13H,2-3,10,12H2,1H3,(H,22,26)(H,23,27)/t13-/m0/s1. The zero-order valence-electron chi connectivity index (χ0n) is 15.9. The Morgan fingerprint density at radius 3 is 2.34 bits per heavy atom. The Bertz CT molecular complexity index is 933. The van der Waals surface area contributed by atoms with Crippen molar-refractivity contribution in [2.45, 2.75) is 19.8 Å². The summed E-state index contributed by atoms with van der Waals surface area (Å²) >= 11 is 0. The largest absolute Gasteiger partial charge is 0.366 e. The number of nitrogens with one attached hydrogen (secondary N) is 2. The van der Waals surface area contributed by atoms with Crippen LogP contribution in [0.2, 0.25) is 0 Å². The van der Waals surface area contributed by atoms with Gasteiger partial charge in [0.1, 0.15) is 11.5 Å².